The molecule has 0 radical (unpaired) electrons. The molecule has 6 rings (SSSR count). The molecule has 11 nitrogen and oxygen atoms in total. The van der Waals surface area contributed by atoms with Gasteiger partial charge in [-0.2, -0.15) is 9.97 Å². The molecular formula is C32H42FN9O2S. The number of rotatable bonds is 9. The van der Waals surface area contributed by atoms with Gasteiger partial charge >= 0.3 is 0 Å². The van der Waals surface area contributed by atoms with E-state index in [0.717, 1.165) is 63.8 Å². The zero-order valence-corrected chi connectivity index (χ0v) is 27.1. The van der Waals surface area contributed by atoms with Crippen LogP contribution < -0.4 is 19.8 Å². The van der Waals surface area contributed by atoms with Gasteiger partial charge < -0.3 is 20.5 Å². The highest BCUT2D eigenvalue weighted by molar-refractivity contribution is 7.92. The number of hydrogen-bond donors (Lipinski definition) is 3. The highest BCUT2D eigenvalue weighted by Gasteiger charge is 2.29. The number of nitrogens with zero attached hydrogens (tertiary/aromatic N) is 6. The number of fused-ring (bicyclic) bond motifs is 1. The largest absolute Gasteiger partial charge is 0.369 e. The first kappa shape index (κ1) is 31.1. The Morgan fingerprint density at radius 1 is 0.978 bits per heavy atom. The van der Waals surface area contributed by atoms with E-state index in [-0.39, 0.29) is 11.8 Å². The fourth-order valence-electron chi connectivity index (χ4n) is 6.31. The Kier molecular flexibility index (Phi) is 8.85. The highest BCUT2D eigenvalue weighted by Crippen LogP contribution is 2.33. The van der Waals surface area contributed by atoms with Crippen LogP contribution >= 0.6 is 0 Å². The van der Waals surface area contributed by atoms with Gasteiger partial charge in [-0.05, 0) is 63.1 Å². The van der Waals surface area contributed by atoms with E-state index in [2.05, 4.69) is 54.1 Å². The van der Waals surface area contributed by atoms with Crippen LogP contribution in [0.25, 0.3) is 11.0 Å². The molecular weight excluding hydrogens is 593 g/mol. The lowest BCUT2D eigenvalue weighted by molar-refractivity contribution is 0.0692. The van der Waals surface area contributed by atoms with Crippen LogP contribution in [-0.4, -0.2) is 97.8 Å². The molecule has 2 aromatic carbocycles. The first-order chi connectivity index (χ1) is 21.6. The van der Waals surface area contributed by atoms with Crippen molar-refractivity contribution in [1.82, 2.24) is 24.8 Å². The maximum absolute atomic E-state index is 15.5. The highest BCUT2D eigenvalue weighted by atomic mass is 32.2. The molecule has 0 unspecified atom stereocenters. The molecule has 2 aliphatic heterocycles. The Morgan fingerprint density at radius 3 is 2.40 bits per heavy atom. The Morgan fingerprint density at radius 2 is 1.71 bits per heavy atom. The molecule has 2 aliphatic rings. The van der Waals surface area contributed by atoms with Crippen LogP contribution in [0.15, 0.2) is 54.7 Å². The summed E-state index contributed by atoms with van der Waals surface area (Å²) in [5, 5.41) is 7.15. The number of anilines is 6. The summed E-state index contributed by atoms with van der Waals surface area (Å²) < 4.78 is 41.2. The smallest absolute Gasteiger partial charge is 0.232 e. The Balaban J connectivity index is 1.14. The molecule has 0 saturated carbocycles. The fourth-order valence-corrected chi connectivity index (χ4v) is 6.83. The number of aromatic nitrogens is 3. The zero-order valence-electron chi connectivity index (χ0n) is 26.3. The summed E-state index contributed by atoms with van der Waals surface area (Å²) in [4.78, 5) is 19.7. The molecule has 0 spiro atoms. The van der Waals surface area contributed by atoms with Crippen LogP contribution in [0, 0.1) is 5.82 Å². The van der Waals surface area contributed by atoms with Crippen molar-refractivity contribution in [2.24, 2.45) is 0 Å². The zero-order chi connectivity index (χ0) is 31.7. The van der Waals surface area contributed by atoms with Gasteiger partial charge in [0, 0.05) is 70.3 Å². The van der Waals surface area contributed by atoms with Crippen LogP contribution in [-0.2, 0) is 10.0 Å². The lowest BCUT2D eigenvalue weighted by atomic mass is 10.0. The molecule has 4 aromatic rings. The molecule has 2 aromatic heterocycles. The molecule has 0 amide bonds. The number of piperidine rings is 1. The van der Waals surface area contributed by atoms with E-state index >= 15 is 4.39 Å². The van der Waals surface area contributed by atoms with Crippen LogP contribution in [0.4, 0.5) is 38.9 Å². The minimum atomic E-state index is -3.48. The van der Waals surface area contributed by atoms with E-state index in [1.54, 1.807) is 24.4 Å². The lowest BCUT2D eigenvalue weighted by Crippen LogP contribution is -2.54. The van der Waals surface area contributed by atoms with Gasteiger partial charge in [-0.3, -0.25) is 14.1 Å². The van der Waals surface area contributed by atoms with Crippen molar-refractivity contribution in [2.45, 2.75) is 38.8 Å². The van der Waals surface area contributed by atoms with Gasteiger partial charge in [0.15, 0.2) is 0 Å². The number of benzene rings is 2. The molecule has 4 heterocycles. The molecule has 3 N–H and O–H groups in total. The fraction of sp³-hybridized carbons (Fsp3) is 0.438. The van der Waals surface area contributed by atoms with Crippen molar-refractivity contribution in [3.63, 3.8) is 0 Å². The number of aromatic amines is 1. The summed E-state index contributed by atoms with van der Waals surface area (Å²) in [7, 11) is -1.98. The Bertz CT molecular complexity index is 1750. The number of nitrogens with one attached hydrogen (secondary N) is 3. The topological polar surface area (TPSA) is 113 Å². The summed E-state index contributed by atoms with van der Waals surface area (Å²) in [6, 6.07) is 15.2. The molecule has 0 atom stereocenters. The molecule has 0 aliphatic carbocycles. The SMILES string of the molecule is CC(C)N1CCN(C2CCN(c3ccc(Nc4nc(Nc5ccccc5N(C)S(C)(=O)=O)c5cc[nH]c5n4)cc3F)CC2)CC1. The van der Waals surface area contributed by atoms with Crippen LogP contribution in [0.1, 0.15) is 26.7 Å². The average molecular weight is 636 g/mol. The predicted octanol–water partition coefficient (Wildman–Crippen LogP) is 4.97. The first-order valence-corrected chi connectivity index (χ1v) is 17.4. The molecule has 13 heteroatoms. The molecule has 45 heavy (non-hydrogen) atoms. The van der Waals surface area contributed by atoms with Gasteiger partial charge in [0.1, 0.15) is 17.3 Å². The lowest BCUT2D eigenvalue weighted by Gasteiger charge is -2.44. The molecule has 240 valence electrons. The quantitative estimate of drug-likeness (QED) is 0.235. The van der Waals surface area contributed by atoms with Gasteiger partial charge in [-0.15, -0.1) is 0 Å². The third kappa shape index (κ3) is 6.85. The van der Waals surface area contributed by atoms with E-state index in [4.69, 9.17) is 0 Å². The van der Waals surface area contributed by atoms with Gasteiger partial charge in [-0.1, -0.05) is 12.1 Å². The first-order valence-electron chi connectivity index (χ1n) is 15.5. The summed E-state index contributed by atoms with van der Waals surface area (Å²) in [6.07, 6.45) is 4.98. The Hall–Kier alpha value is -3.94. The van der Waals surface area contributed by atoms with Crippen LogP contribution in [0.2, 0.25) is 0 Å². The summed E-state index contributed by atoms with van der Waals surface area (Å²) in [5.41, 5.74) is 2.76. The average Bonchev–Trinajstić information content (AvgIpc) is 3.50. The van der Waals surface area contributed by atoms with Crippen molar-refractivity contribution in [3.05, 3.63) is 60.5 Å². The van der Waals surface area contributed by atoms with Gasteiger partial charge in [0.2, 0.25) is 16.0 Å². The number of para-hydroxylation sites is 2. The number of sulfonamides is 1. The number of hydrogen-bond acceptors (Lipinski definition) is 9. The Labute approximate surface area is 264 Å². The maximum atomic E-state index is 15.5. The molecule has 2 fully saturated rings. The van der Waals surface area contributed by atoms with Crippen molar-refractivity contribution in [3.8, 4) is 0 Å². The van der Waals surface area contributed by atoms with E-state index < -0.39 is 10.0 Å². The third-order valence-electron chi connectivity index (χ3n) is 9.01. The van der Waals surface area contributed by atoms with E-state index in [1.165, 1.54) is 17.4 Å². The number of H-pyrrole nitrogens is 1. The second-order valence-corrected chi connectivity index (χ2v) is 14.2. The maximum Gasteiger partial charge on any atom is 0.232 e. The van der Waals surface area contributed by atoms with Gasteiger partial charge in [0.25, 0.3) is 0 Å². The second kappa shape index (κ2) is 12.8. The van der Waals surface area contributed by atoms with Crippen LogP contribution in [0.3, 0.4) is 0 Å². The monoisotopic (exact) mass is 635 g/mol. The van der Waals surface area contributed by atoms with E-state index in [1.807, 2.05) is 24.3 Å². The molecule has 0 bridgehead atoms. The summed E-state index contributed by atoms with van der Waals surface area (Å²) in [6.45, 7) is 10.6. The van der Waals surface area contributed by atoms with E-state index in [0.29, 0.717) is 46.3 Å². The standard InChI is InChI=1S/C32H42FN9O2S/c1-22(2)40-17-19-41(20-18-40)24-12-15-42(16-13-24)28-10-9-23(21-26(28)33)35-32-37-30-25(11-14-34-30)31(38-32)36-27-7-5-6-8-29(27)39(3)45(4,43)44/h5-11,14,21-22,24H,12-13,15-20H2,1-4H3,(H3,34,35,36,37,38). The third-order valence-corrected chi connectivity index (χ3v) is 10.2. The number of piperazine rings is 1. The minimum Gasteiger partial charge on any atom is -0.369 e. The predicted molar refractivity (Wildman–Crippen MR) is 180 cm³/mol. The van der Waals surface area contributed by atoms with Crippen LogP contribution in [0.5, 0.6) is 0 Å². The summed E-state index contributed by atoms with van der Waals surface area (Å²) in [5.74, 6) is 0.455. The normalized spacial score (nSPS) is 17.2. The summed E-state index contributed by atoms with van der Waals surface area (Å²) >= 11 is 0. The van der Waals surface area contributed by atoms with Gasteiger partial charge in [-0.25, -0.2) is 12.8 Å². The second-order valence-electron chi connectivity index (χ2n) is 12.2. The van der Waals surface area contributed by atoms with Crippen molar-refractivity contribution in [1.29, 1.82) is 0 Å². The number of halogens is 1. The van der Waals surface area contributed by atoms with Gasteiger partial charge in [0.05, 0.1) is 28.7 Å². The van der Waals surface area contributed by atoms with Crippen molar-refractivity contribution < 1.29 is 12.8 Å². The van der Waals surface area contributed by atoms with Crippen molar-refractivity contribution >= 4 is 55.6 Å². The van der Waals surface area contributed by atoms with E-state index in [9.17, 15) is 8.42 Å². The van der Waals surface area contributed by atoms with Crippen molar-refractivity contribution in [2.75, 3.05) is 72.4 Å². The minimum absolute atomic E-state index is 0.270. The molecule has 2 saturated heterocycles.